The number of nitrogens with zero attached hydrogens (tertiary/aromatic N) is 2. The van der Waals surface area contributed by atoms with Crippen LogP contribution in [-0.4, -0.2) is 49.1 Å². The molecule has 2 rings (SSSR count). The second-order valence-corrected chi connectivity index (χ2v) is 6.61. The topological polar surface area (TPSA) is 87.6 Å². The average molecular weight is 270 g/mol. The highest BCUT2D eigenvalue weighted by atomic mass is 32.2. The first kappa shape index (κ1) is 12.8. The van der Waals surface area contributed by atoms with Gasteiger partial charge in [-0.15, -0.1) is 0 Å². The predicted octanol–water partition coefficient (Wildman–Crippen LogP) is 0.403. The van der Waals surface area contributed by atoms with Gasteiger partial charge >= 0.3 is 5.97 Å². The highest BCUT2D eigenvalue weighted by Crippen LogP contribution is 2.21. The van der Waals surface area contributed by atoms with Gasteiger partial charge in [0.05, 0.1) is 17.1 Å². The summed E-state index contributed by atoms with van der Waals surface area (Å²) in [7, 11) is -1.16. The zero-order chi connectivity index (χ0) is 13.3. The molecule has 0 amide bonds. The fourth-order valence-corrected chi connectivity index (χ4v) is 3.76. The van der Waals surface area contributed by atoms with E-state index in [0.29, 0.717) is 12.2 Å². The van der Waals surface area contributed by atoms with Gasteiger partial charge in [-0.1, -0.05) is 0 Å². The number of aromatic carboxylic acids is 1. The maximum Gasteiger partial charge on any atom is 0.337 e. The van der Waals surface area contributed by atoms with E-state index in [1.54, 1.807) is 18.0 Å². The molecule has 2 heterocycles. The van der Waals surface area contributed by atoms with Crippen molar-refractivity contribution in [2.75, 3.05) is 23.5 Å². The molecular formula is C11H14N2O4S. The van der Waals surface area contributed by atoms with Crippen molar-refractivity contribution in [3.05, 3.63) is 23.9 Å². The quantitative estimate of drug-likeness (QED) is 0.855. The number of hydrogen-bond acceptors (Lipinski definition) is 5. The number of carboxylic acids is 1. The molecule has 1 unspecified atom stereocenters. The molecule has 98 valence electrons. The van der Waals surface area contributed by atoms with E-state index in [1.807, 2.05) is 0 Å². The molecule has 1 fully saturated rings. The van der Waals surface area contributed by atoms with Crippen LogP contribution in [-0.2, 0) is 9.84 Å². The Labute approximate surface area is 105 Å². The maximum atomic E-state index is 11.4. The number of rotatable bonds is 3. The molecule has 0 saturated carbocycles. The predicted molar refractivity (Wildman–Crippen MR) is 66.7 cm³/mol. The van der Waals surface area contributed by atoms with E-state index in [1.165, 1.54) is 12.3 Å². The number of anilines is 1. The highest BCUT2D eigenvalue weighted by Gasteiger charge is 2.31. The SMILES string of the molecule is CN(c1ccc(C(=O)O)cn1)C1CCS(=O)(=O)C1. The van der Waals surface area contributed by atoms with Crippen molar-refractivity contribution < 1.29 is 18.3 Å². The molecule has 0 spiro atoms. The zero-order valence-corrected chi connectivity index (χ0v) is 10.7. The molecular weight excluding hydrogens is 256 g/mol. The fourth-order valence-electron chi connectivity index (χ4n) is 1.99. The van der Waals surface area contributed by atoms with E-state index in [2.05, 4.69) is 4.98 Å². The van der Waals surface area contributed by atoms with Gasteiger partial charge in [-0.2, -0.15) is 0 Å². The summed E-state index contributed by atoms with van der Waals surface area (Å²) in [6.07, 6.45) is 1.86. The minimum absolute atomic E-state index is 0.0850. The molecule has 1 N–H and O–H groups in total. The second kappa shape index (κ2) is 4.56. The third-order valence-corrected chi connectivity index (χ3v) is 4.86. The normalized spacial score (nSPS) is 21.7. The summed E-state index contributed by atoms with van der Waals surface area (Å²) in [6.45, 7) is 0. The second-order valence-electron chi connectivity index (χ2n) is 4.38. The first-order valence-corrected chi connectivity index (χ1v) is 7.34. The van der Waals surface area contributed by atoms with Gasteiger partial charge in [-0.3, -0.25) is 0 Å². The Morgan fingerprint density at radius 1 is 1.50 bits per heavy atom. The monoisotopic (exact) mass is 270 g/mol. The van der Waals surface area contributed by atoms with E-state index < -0.39 is 15.8 Å². The lowest BCUT2D eigenvalue weighted by molar-refractivity contribution is 0.0696. The largest absolute Gasteiger partial charge is 0.478 e. The molecule has 1 aliphatic rings. The molecule has 1 aliphatic heterocycles. The molecule has 0 radical (unpaired) electrons. The smallest absolute Gasteiger partial charge is 0.337 e. The van der Waals surface area contributed by atoms with Crippen LogP contribution in [0.5, 0.6) is 0 Å². The Morgan fingerprint density at radius 2 is 2.22 bits per heavy atom. The molecule has 7 heteroatoms. The lowest BCUT2D eigenvalue weighted by Crippen LogP contribution is -2.33. The van der Waals surface area contributed by atoms with Gasteiger partial charge in [0, 0.05) is 19.3 Å². The molecule has 0 aliphatic carbocycles. The summed E-state index contributed by atoms with van der Waals surface area (Å²) < 4.78 is 22.8. The molecule has 1 atom stereocenters. The Morgan fingerprint density at radius 3 is 2.67 bits per heavy atom. The minimum Gasteiger partial charge on any atom is -0.478 e. The minimum atomic E-state index is -2.93. The third-order valence-electron chi connectivity index (χ3n) is 3.11. The molecule has 1 aromatic rings. The number of hydrogen-bond donors (Lipinski definition) is 1. The molecule has 18 heavy (non-hydrogen) atoms. The van der Waals surface area contributed by atoms with Gasteiger partial charge in [-0.25, -0.2) is 18.2 Å². The van der Waals surface area contributed by atoms with Gasteiger partial charge in [0.15, 0.2) is 9.84 Å². The van der Waals surface area contributed by atoms with Crippen molar-refractivity contribution in [1.29, 1.82) is 0 Å². The van der Waals surface area contributed by atoms with Gasteiger partial charge in [-0.05, 0) is 18.6 Å². The van der Waals surface area contributed by atoms with E-state index >= 15 is 0 Å². The summed E-state index contributed by atoms with van der Waals surface area (Å²) >= 11 is 0. The van der Waals surface area contributed by atoms with Crippen LogP contribution in [0.1, 0.15) is 16.8 Å². The number of pyridine rings is 1. The van der Waals surface area contributed by atoms with Gasteiger partial charge < -0.3 is 10.0 Å². The molecule has 1 aromatic heterocycles. The standard InChI is InChI=1S/C11H14N2O4S/c1-13(9-4-5-18(16,17)7-9)10-3-2-8(6-12-10)11(14)15/h2-3,6,9H,4-5,7H2,1H3,(H,14,15). The molecule has 0 aromatic carbocycles. The summed E-state index contributed by atoms with van der Waals surface area (Å²) in [4.78, 5) is 16.5. The van der Waals surface area contributed by atoms with Crippen molar-refractivity contribution in [3.8, 4) is 0 Å². The van der Waals surface area contributed by atoms with Crippen molar-refractivity contribution in [1.82, 2.24) is 4.98 Å². The first-order chi connectivity index (χ1) is 8.39. The van der Waals surface area contributed by atoms with Crippen molar-refractivity contribution in [3.63, 3.8) is 0 Å². The van der Waals surface area contributed by atoms with Crippen LogP contribution in [0.15, 0.2) is 18.3 Å². The maximum absolute atomic E-state index is 11.4. The van der Waals surface area contributed by atoms with Crippen LogP contribution in [0, 0.1) is 0 Å². The lowest BCUT2D eigenvalue weighted by Gasteiger charge is -2.24. The Kier molecular flexibility index (Phi) is 3.25. The molecule has 6 nitrogen and oxygen atoms in total. The van der Waals surface area contributed by atoms with E-state index in [4.69, 9.17) is 5.11 Å². The Hall–Kier alpha value is -1.63. The van der Waals surface area contributed by atoms with Crippen LogP contribution >= 0.6 is 0 Å². The van der Waals surface area contributed by atoms with Gasteiger partial charge in [0.25, 0.3) is 0 Å². The third kappa shape index (κ3) is 2.61. The molecule has 1 saturated heterocycles. The van der Waals surface area contributed by atoms with Gasteiger partial charge in [0.1, 0.15) is 5.82 Å². The summed E-state index contributed by atoms with van der Waals surface area (Å²) in [5.74, 6) is -0.108. The lowest BCUT2D eigenvalue weighted by atomic mass is 10.2. The Bertz CT molecular complexity index is 553. The van der Waals surface area contributed by atoms with Crippen LogP contribution in [0.4, 0.5) is 5.82 Å². The first-order valence-electron chi connectivity index (χ1n) is 5.52. The van der Waals surface area contributed by atoms with Crippen molar-refractivity contribution >= 4 is 21.6 Å². The fraction of sp³-hybridized carbons (Fsp3) is 0.455. The highest BCUT2D eigenvalue weighted by molar-refractivity contribution is 7.91. The van der Waals surface area contributed by atoms with Gasteiger partial charge in [0.2, 0.25) is 0 Å². The van der Waals surface area contributed by atoms with Crippen LogP contribution < -0.4 is 4.90 Å². The van der Waals surface area contributed by atoms with Crippen molar-refractivity contribution in [2.24, 2.45) is 0 Å². The van der Waals surface area contributed by atoms with Crippen LogP contribution in [0.25, 0.3) is 0 Å². The summed E-state index contributed by atoms with van der Waals surface area (Å²) in [5.41, 5.74) is 0.117. The van der Waals surface area contributed by atoms with E-state index in [0.717, 1.165) is 0 Å². The molecule has 0 bridgehead atoms. The summed E-state index contributed by atoms with van der Waals surface area (Å²) in [6, 6.07) is 2.97. The number of carboxylic acid groups (broad SMARTS) is 1. The average Bonchev–Trinajstić information content (AvgIpc) is 2.69. The van der Waals surface area contributed by atoms with Crippen LogP contribution in [0.3, 0.4) is 0 Å². The van der Waals surface area contributed by atoms with Crippen LogP contribution in [0.2, 0.25) is 0 Å². The van der Waals surface area contributed by atoms with E-state index in [9.17, 15) is 13.2 Å². The van der Waals surface area contributed by atoms with Crippen molar-refractivity contribution in [2.45, 2.75) is 12.5 Å². The number of carbonyl (C=O) groups is 1. The number of sulfone groups is 1. The number of aromatic nitrogens is 1. The Balaban J connectivity index is 2.14. The zero-order valence-electron chi connectivity index (χ0n) is 9.91. The van der Waals surface area contributed by atoms with E-state index in [-0.39, 0.29) is 23.1 Å². The summed E-state index contributed by atoms with van der Waals surface area (Å²) in [5, 5.41) is 8.76.